The third-order valence-corrected chi connectivity index (χ3v) is 2.19. The summed E-state index contributed by atoms with van der Waals surface area (Å²) >= 11 is 0. The van der Waals surface area contributed by atoms with Crippen LogP contribution in [0.5, 0.6) is 0 Å². The third kappa shape index (κ3) is 1.53. The van der Waals surface area contributed by atoms with Crippen molar-refractivity contribution in [2.75, 3.05) is 13.2 Å². The summed E-state index contributed by atoms with van der Waals surface area (Å²) < 4.78 is 0. The molecule has 3 nitrogen and oxygen atoms in total. The Morgan fingerprint density at radius 2 is 2.36 bits per heavy atom. The molecule has 0 spiro atoms. The van der Waals surface area contributed by atoms with Gasteiger partial charge in [0.25, 0.3) is 0 Å². The van der Waals surface area contributed by atoms with Gasteiger partial charge in [-0.2, -0.15) is 0 Å². The van der Waals surface area contributed by atoms with Crippen LogP contribution in [0.3, 0.4) is 0 Å². The molecule has 1 aliphatic heterocycles. The van der Waals surface area contributed by atoms with E-state index in [-0.39, 0.29) is 24.5 Å². The second-order valence-electron chi connectivity index (χ2n) is 3.29. The number of likely N-dealkylation sites (tertiary alicyclic amines) is 1. The van der Waals surface area contributed by atoms with Gasteiger partial charge in [0.05, 0.1) is 12.5 Å². The molecule has 11 heavy (non-hydrogen) atoms. The van der Waals surface area contributed by atoms with Gasteiger partial charge >= 0.3 is 0 Å². The number of nitrogens with zero attached hydrogens (tertiary/aromatic N) is 1. The van der Waals surface area contributed by atoms with Crippen LogP contribution in [0.2, 0.25) is 0 Å². The zero-order chi connectivity index (χ0) is 8.43. The molecule has 0 aromatic heterocycles. The molecular weight excluding hydrogens is 142 g/mol. The highest BCUT2D eigenvalue weighted by Crippen LogP contribution is 2.19. The normalized spacial score (nSPS) is 25.3. The lowest BCUT2D eigenvalue weighted by Gasteiger charge is -2.20. The minimum atomic E-state index is -0.127. The van der Waals surface area contributed by atoms with Crippen molar-refractivity contribution in [3.8, 4) is 0 Å². The van der Waals surface area contributed by atoms with Gasteiger partial charge < -0.3 is 10.0 Å². The lowest BCUT2D eigenvalue weighted by molar-refractivity contribution is -0.133. The van der Waals surface area contributed by atoms with Gasteiger partial charge in [-0.05, 0) is 20.3 Å². The Morgan fingerprint density at radius 1 is 1.73 bits per heavy atom. The number of carbonyl (C=O) groups is 1. The summed E-state index contributed by atoms with van der Waals surface area (Å²) in [5, 5.41) is 8.79. The van der Waals surface area contributed by atoms with E-state index >= 15 is 0 Å². The lowest BCUT2D eigenvalue weighted by atomic mass is 10.1. The largest absolute Gasteiger partial charge is 0.396 e. The molecule has 0 saturated carbocycles. The summed E-state index contributed by atoms with van der Waals surface area (Å²) in [6, 6.07) is 0.277. The Labute approximate surface area is 67.0 Å². The molecule has 1 atom stereocenters. The maximum atomic E-state index is 11.3. The van der Waals surface area contributed by atoms with Crippen LogP contribution in [0.25, 0.3) is 0 Å². The van der Waals surface area contributed by atoms with E-state index in [4.69, 9.17) is 5.11 Å². The summed E-state index contributed by atoms with van der Waals surface area (Å²) in [5.74, 6) is -0.0140. The molecule has 1 unspecified atom stereocenters. The average molecular weight is 157 g/mol. The van der Waals surface area contributed by atoms with Gasteiger partial charge in [-0.3, -0.25) is 4.79 Å². The smallest absolute Gasteiger partial charge is 0.228 e. The molecule has 1 N–H and O–H groups in total. The Morgan fingerprint density at radius 3 is 2.64 bits per heavy atom. The first-order chi connectivity index (χ1) is 5.16. The number of carbonyl (C=O) groups excluding carboxylic acids is 1. The standard InChI is InChI=1S/C8H15NO2/c1-6(2)9-4-3-7(5-10)8(9)11/h6-7,10H,3-5H2,1-2H3. The fourth-order valence-electron chi connectivity index (χ4n) is 1.45. The number of rotatable bonds is 2. The average Bonchev–Trinajstić information content (AvgIpc) is 2.30. The second-order valence-corrected chi connectivity index (χ2v) is 3.29. The maximum Gasteiger partial charge on any atom is 0.228 e. The van der Waals surface area contributed by atoms with Crippen molar-refractivity contribution in [1.29, 1.82) is 0 Å². The molecule has 3 heteroatoms. The Balaban J connectivity index is 2.56. The number of aliphatic hydroxyl groups is 1. The molecular formula is C8H15NO2. The van der Waals surface area contributed by atoms with E-state index in [1.165, 1.54) is 0 Å². The summed E-state index contributed by atoms with van der Waals surface area (Å²) in [4.78, 5) is 13.2. The van der Waals surface area contributed by atoms with Crippen LogP contribution in [0.15, 0.2) is 0 Å². The van der Waals surface area contributed by atoms with Crippen molar-refractivity contribution in [1.82, 2.24) is 4.90 Å². The molecule has 1 saturated heterocycles. The van der Waals surface area contributed by atoms with Gasteiger partial charge in [0.15, 0.2) is 0 Å². The fourth-order valence-corrected chi connectivity index (χ4v) is 1.45. The topological polar surface area (TPSA) is 40.5 Å². The van der Waals surface area contributed by atoms with Crippen LogP contribution in [0.1, 0.15) is 20.3 Å². The first-order valence-electron chi connectivity index (χ1n) is 4.08. The summed E-state index contributed by atoms with van der Waals surface area (Å²) in [6.07, 6.45) is 0.813. The molecule has 1 aliphatic rings. The van der Waals surface area contributed by atoms with Gasteiger partial charge in [-0.25, -0.2) is 0 Å². The van der Waals surface area contributed by atoms with Crippen molar-refractivity contribution < 1.29 is 9.90 Å². The molecule has 0 bridgehead atoms. The van der Waals surface area contributed by atoms with Gasteiger partial charge in [-0.1, -0.05) is 0 Å². The minimum Gasteiger partial charge on any atom is -0.396 e. The number of amides is 1. The maximum absolute atomic E-state index is 11.3. The van der Waals surface area contributed by atoms with Crippen molar-refractivity contribution in [3.63, 3.8) is 0 Å². The highest BCUT2D eigenvalue weighted by molar-refractivity contribution is 5.81. The molecule has 0 radical (unpaired) electrons. The Kier molecular flexibility index (Phi) is 2.49. The van der Waals surface area contributed by atoms with Crippen LogP contribution in [-0.4, -0.2) is 35.1 Å². The molecule has 0 aromatic carbocycles. The van der Waals surface area contributed by atoms with Gasteiger partial charge in [0, 0.05) is 12.6 Å². The summed E-state index contributed by atoms with van der Waals surface area (Å²) in [7, 11) is 0. The van der Waals surface area contributed by atoms with E-state index in [2.05, 4.69) is 0 Å². The van der Waals surface area contributed by atoms with Crippen LogP contribution in [-0.2, 0) is 4.79 Å². The molecule has 0 aromatic rings. The highest BCUT2D eigenvalue weighted by Gasteiger charge is 2.31. The zero-order valence-corrected chi connectivity index (χ0v) is 7.08. The Bertz CT molecular complexity index is 156. The first kappa shape index (κ1) is 8.53. The van der Waals surface area contributed by atoms with E-state index in [0.29, 0.717) is 0 Å². The van der Waals surface area contributed by atoms with E-state index in [9.17, 15) is 4.79 Å². The van der Waals surface area contributed by atoms with Crippen LogP contribution in [0, 0.1) is 5.92 Å². The van der Waals surface area contributed by atoms with E-state index < -0.39 is 0 Å². The third-order valence-electron chi connectivity index (χ3n) is 2.19. The van der Waals surface area contributed by atoms with Crippen LogP contribution >= 0.6 is 0 Å². The predicted molar refractivity (Wildman–Crippen MR) is 42.0 cm³/mol. The second kappa shape index (κ2) is 3.22. The van der Waals surface area contributed by atoms with E-state index in [1.807, 2.05) is 18.7 Å². The minimum absolute atomic E-state index is 0.00204. The van der Waals surface area contributed by atoms with Gasteiger partial charge in [0.2, 0.25) is 5.91 Å². The van der Waals surface area contributed by atoms with Crippen LogP contribution < -0.4 is 0 Å². The van der Waals surface area contributed by atoms with Crippen molar-refractivity contribution in [2.45, 2.75) is 26.3 Å². The molecule has 1 rings (SSSR count). The molecule has 0 aliphatic carbocycles. The SMILES string of the molecule is CC(C)N1CCC(CO)C1=O. The highest BCUT2D eigenvalue weighted by atomic mass is 16.3. The lowest BCUT2D eigenvalue weighted by Crippen LogP contribution is -2.34. The van der Waals surface area contributed by atoms with Crippen molar-refractivity contribution in [3.05, 3.63) is 0 Å². The summed E-state index contributed by atoms with van der Waals surface area (Å²) in [5.41, 5.74) is 0. The molecule has 1 fully saturated rings. The number of hydrogen-bond donors (Lipinski definition) is 1. The van der Waals surface area contributed by atoms with E-state index in [0.717, 1.165) is 13.0 Å². The first-order valence-corrected chi connectivity index (χ1v) is 4.08. The van der Waals surface area contributed by atoms with E-state index in [1.54, 1.807) is 0 Å². The fraction of sp³-hybridized carbons (Fsp3) is 0.875. The van der Waals surface area contributed by atoms with Crippen LogP contribution in [0.4, 0.5) is 0 Å². The van der Waals surface area contributed by atoms with Gasteiger partial charge in [-0.15, -0.1) is 0 Å². The molecule has 1 amide bonds. The number of hydrogen-bond acceptors (Lipinski definition) is 2. The quantitative estimate of drug-likeness (QED) is 0.623. The van der Waals surface area contributed by atoms with Gasteiger partial charge in [0.1, 0.15) is 0 Å². The predicted octanol–water partition coefficient (Wildman–Crippen LogP) is 0.236. The van der Waals surface area contributed by atoms with Crippen molar-refractivity contribution >= 4 is 5.91 Å². The number of aliphatic hydroxyl groups excluding tert-OH is 1. The molecule has 1 heterocycles. The zero-order valence-electron chi connectivity index (χ0n) is 7.08. The monoisotopic (exact) mass is 157 g/mol. The molecule has 64 valence electrons. The Hall–Kier alpha value is -0.570. The van der Waals surface area contributed by atoms with Crippen molar-refractivity contribution in [2.24, 2.45) is 5.92 Å². The summed E-state index contributed by atoms with van der Waals surface area (Å²) in [6.45, 7) is 4.80.